The van der Waals surface area contributed by atoms with Crippen LogP contribution in [0.25, 0.3) is 0 Å². The quantitative estimate of drug-likeness (QED) is 0.256. The molecule has 0 aliphatic rings. The summed E-state index contributed by atoms with van der Waals surface area (Å²) < 4.78 is 0. The lowest BCUT2D eigenvalue weighted by molar-refractivity contribution is -0.116. The largest absolute Gasteiger partial charge is 0.394 e. The number of ketones is 1. The first kappa shape index (κ1) is 24.5. The molecule has 0 bridgehead atoms. The number of Topliss-reactive ketones (excluding diaryl/α,β-unsaturated/α-hetero) is 1. The van der Waals surface area contributed by atoms with Crippen LogP contribution in [0.15, 0.2) is 23.4 Å². The highest BCUT2D eigenvalue weighted by atomic mass is 35.5. The molecular formula is C21H35ClN2O2. The summed E-state index contributed by atoms with van der Waals surface area (Å²) in [6, 6.07) is 6.09. The van der Waals surface area contributed by atoms with E-state index < -0.39 is 0 Å². The second-order valence-electron chi connectivity index (χ2n) is 6.63. The predicted molar refractivity (Wildman–Crippen MR) is 112 cm³/mol. The fraction of sp³-hybridized carbons (Fsp3) is 0.619. The van der Waals surface area contributed by atoms with E-state index in [1.54, 1.807) is 0 Å². The summed E-state index contributed by atoms with van der Waals surface area (Å²) in [6.07, 6.45) is 5.30. The molecule has 26 heavy (non-hydrogen) atoms. The summed E-state index contributed by atoms with van der Waals surface area (Å²) in [5.41, 5.74) is 9.37. The van der Waals surface area contributed by atoms with Crippen molar-refractivity contribution in [2.24, 2.45) is 16.8 Å². The predicted octanol–water partition coefficient (Wildman–Crippen LogP) is 5.36. The molecule has 1 aromatic carbocycles. The number of amidine groups is 1. The van der Waals surface area contributed by atoms with Gasteiger partial charge < -0.3 is 10.6 Å². The monoisotopic (exact) mass is 382 g/mol. The Kier molecular flexibility index (Phi) is 13.7. The van der Waals surface area contributed by atoms with E-state index in [0.29, 0.717) is 30.7 Å². The van der Waals surface area contributed by atoms with Crippen molar-refractivity contribution >= 4 is 23.2 Å². The third-order valence-corrected chi connectivity index (χ3v) is 4.45. The van der Waals surface area contributed by atoms with E-state index >= 15 is 0 Å². The smallest absolute Gasteiger partial charge is 0.170 e. The molecule has 0 heterocycles. The van der Waals surface area contributed by atoms with Gasteiger partial charge in [0.2, 0.25) is 0 Å². The highest BCUT2D eigenvalue weighted by Crippen LogP contribution is 2.13. The molecule has 1 unspecified atom stereocenters. The zero-order valence-corrected chi connectivity index (χ0v) is 17.7. The van der Waals surface area contributed by atoms with E-state index in [9.17, 15) is 4.79 Å². The molecule has 0 aliphatic heterocycles. The van der Waals surface area contributed by atoms with Gasteiger partial charge in [-0.1, -0.05) is 44.0 Å². The standard InChI is InChI=1S/C17H28N2O.C4H7ClO/c1-5-7-8-15(6-2)12-20-19-17(18)16-10-9-13(3)14(4)11-16;1-4(6)2-3-5/h9-11,15H,5-8,12H2,1-4H3,(H2,18,19);2-3H2,1H3. The first-order valence-corrected chi connectivity index (χ1v) is 9.97. The van der Waals surface area contributed by atoms with Crippen LogP contribution < -0.4 is 5.73 Å². The molecule has 0 saturated carbocycles. The van der Waals surface area contributed by atoms with Crippen molar-refractivity contribution in [2.75, 3.05) is 12.5 Å². The van der Waals surface area contributed by atoms with Crippen molar-refractivity contribution in [3.8, 4) is 0 Å². The molecule has 1 atom stereocenters. The van der Waals surface area contributed by atoms with Crippen molar-refractivity contribution in [3.05, 3.63) is 34.9 Å². The Labute approximate surface area is 164 Å². The average molecular weight is 383 g/mol. The number of hydrogen-bond acceptors (Lipinski definition) is 3. The minimum absolute atomic E-state index is 0.157. The van der Waals surface area contributed by atoms with Gasteiger partial charge in [0.25, 0.3) is 0 Å². The third-order valence-electron chi connectivity index (χ3n) is 4.27. The molecule has 148 valence electrons. The van der Waals surface area contributed by atoms with Crippen LogP contribution in [0.1, 0.15) is 69.6 Å². The van der Waals surface area contributed by atoms with Gasteiger partial charge in [0.15, 0.2) is 5.84 Å². The second kappa shape index (κ2) is 14.6. The molecule has 1 rings (SSSR count). The lowest BCUT2D eigenvalue weighted by Crippen LogP contribution is -2.15. The van der Waals surface area contributed by atoms with Gasteiger partial charge >= 0.3 is 0 Å². The topological polar surface area (TPSA) is 64.7 Å². The number of nitrogens with two attached hydrogens (primary N) is 1. The number of benzene rings is 1. The highest BCUT2D eigenvalue weighted by molar-refractivity contribution is 6.18. The minimum atomic E-state index is 0.157. The molecule has 0 amide bonds. The number of unbranched alkanes of at least 4 members (excludes halogenated alkanes) is 1. The molecular weight excluding hydrogens is 348 g/mol. The van der Waals surface area contributed by atoms with Crippen molar-refractivity contribution in [1.29, 1.82) is 0 Å². The Morgan fingerprint density at radius 1 is 1.27 bits per heavy atom. The normalized spacial score (nSPS) is 12.2. The number of rotatable bonds is 10. The van der Waals surface area contributed by atoms with Gasteiger partial charge in [-0.05, 0) is 56.7 Å². The van der Waals surface area contributed by atoms with Crippen molar-refractivity contribution < 1.29 is 9.63 Å². The second-order valence-corrected chi connectivity index (χ2v) is 7.01. The maximum atomic E-state index is 9.96. The molecule has 4 nitrogen and oxygen atoms in total. The van der Waals surface area contributed by atoms with E-state index in [-0.39, 0.29) is 5.78 Å². The average Bonchev–Trinajstić information content (AvgIpc) is 2.60. The summed E-state index contributed by atoms with van der Waals surface area (Å²) in [5, 5.41) is 4.06. The van der Waals surface area contributed by atoms with Crippen LogP contribution in [-0.4, -0.2) is 24.1 Å². The zero-order chi connectivity index (χ0) is 19.9. The molecule has 2 N–H and O–H groups in total. The van der Waals surface area contributed by atoms with Crippen molar-refractivity contribution in [2.45, 2.75) is 66.7 Å². The van der Waals surface area contributed by atoms with Gasteiger partial charge in [-0.25, -0.2) is 0 Å². The summed E-state index contributed by atoms with van der Waals surface area (Å²) >= 11 is 5.18. The number of oxime groups is 1. The number of alkyl halides is 1. The van der Waals surface area contributed by atoms with E-state index in [1.165, 1.54) is 37.3 Å². The fourth-order valence-electron chi connectivity index (χ4n) is 2.20. The minimum Gasteiger partial charge on any atom is -0.394 e. The van der Waals surface area contributed by atoms with E-state index in [0.717, 1.165) is 12.0 Å². The Morgan fingerprint density at radius 2 is 1.96 bits per heavy atom. The SMILES string of the molecule is CC(=O)CCCl.CCCCC(CC)CO/N=C(\N)c1ccc(C)c(C)c1. The number of nitrogens with zero attached hydrogens (tertiary/aromatic N) is 1. The number of carbonyl (C=O) groups is 1. The first-order chi connectivity index (χ1) is 12.3. The fourth-order valence-corrected chi connectivity index (χ4v) is 2.46. The van der Waals surface area contributed by atoms with Crippen molar-refractivity contribution in [3.63, 3.8) is 0 Å². The van der Waals surface area contributed by atoms with Crippen LogP contribution in [0.5, 0.6) is 0 Å². The van der Waals surface area contributed by atoms with Crippen LogP contribution in [0, 0.1) is 19.8 Å². The molecule has 0 saturated heterocycles. The summed E-state index contributed by atoms with van der Waals surface area (Å²) in [6.45, 7) is 10.8. The Morgan fingerprint density at radius 3 is 2.42 bits per heavy atom. The van der Waals surface area contributed by atoms with Crippen LogP contribution in [0.4, 0.5) is 0 Å². The maximum absolute atomic E-state index is 9.96. The van der Waals surface area contributed by atoms with Gasteiger partial charge in [-0.3, -0.25) is 4.79 Å². The molecule has 0 aromatic heterocycles. The van der Waals surface area contributed by atoms with Gasteiger partial charge in [0.05, 0.1) is 0 Å². The number of halogens is 1. The zero-order valence-electron chi connectivity index (χ0n) is 17.0. The summed E-state index contributed by atoms with van der Waals surface area (Å²) in [7, 11) is 0. The van der Waals surface area contributed by atoms with Gasteiger partial charge in [0.1, 0.15) is 12.4 Å². The van der Waals surface area contributed by atoms with E-state index in [1.807, 2.05) is 12.1 Å². The number of hydrogen-bond donors (Lipinski definition) is 1. The molecule has 1 aromatic rings. The molecule has 0 radical (unpaired) electrons. The molecule has 0 aliphatic carbocycles. The van der Waals surface area contributed by atoms with Gasteiger partial charge in [0, 0.05) is 17.9 Å². The highest BCUT2D eigenvalue weighted by Gasteiger charge is 2.07. The van der Waals surface area contributed by atoms with Crippen LogP contribution in [0.2, 0.25) is 0 Å². The number of aryl methyl sites for hydroxylation is 2. The van der Waals surface area contributed by atoms with Crippen LogP contribution in [-0.2, 0) is 9.63 Å². The molecule has 0 spiro atoms. The maximum Gasteiger partial charge on any atom is 0.170 e. The Hall–Kier alpha value is -1.55. The summed E-state index contributed by atoms with van der Waals surface area (Å²) in [4.78, 5) is 15.4. The summed E-state index contributed by atoms with van der Waals surface area (Å²) in [5.74, 6) is 1.64. The molecule has 0 fully saturated rings. The lowest BCUT2D eigenvalue weighted by Gasteiger charge is -2.12. The first-order valence-electron chi connectivity index (χ1n) is 9.44. The Bertz CT molecular complexity index is 559. The lowest BCUT2D eigenvalue weighted by atomic mass is 10.0. The molecule has 5 heteroatoms. The van der Waals surface area contributed by atoms with Crippen LogP contribution >= 0.6 is 11.6 Å². The van der Waals surface area contributed by atoms with Crippen molar-refractivity contribution in [1.82, 2.24) is 0 Å². The van der Waals surface area contributed by atoms with Gasteiger partial charge in [-0.15, -0.1) is 11.6 Å². The Balaban J connectivity index is 0.000000896. The van der Waals surface area contributed by atoms with E-state index in [4.69, 9.17) is 22.2 Å². The van der Waals surface area contributed by atoms with Gasteiger partial charge in [-0.2, -0.15) is 0 Å². The third kappa shape index (κ3) is 11.1. The van der Waals surface area contributed by atoms with E-state index in [2.05, 4.69) is 38.9 Å². The van der Waals surface area contributed by atoms with Crippen LogP contribution in [0.3, 0.4) is 0 Å². The number of carbonyl (C=O) groups excluding carboxylic acids is 1.